The molecule has 142 valence electrons. The number of hydrogen-bond donors (Lipinski definition) is 0. The van der Waals surface area contributed by atoms with Crippen molar-refractivity contribution in [2.75, 3.05) is 33.3 Å². The number of nitrogens with zero attached hydrogens (tertiary/aromatic N) is 3. The molecule has 1 aromatic carbocycles. The second-order valence-corrected chi connectivity index (χ2v) is 6.41. The van der Waals surface area contributed by atoms with Crippen LogP contribution in [0.5, 0.6) is 5.75 Å². The molecule has 1 aromatic heterocycles. The highest BCUT2D eigenvalue weighted by Gasteiger charge is 2.23. The first-order valence-electron chi connectivity index (χ1n) is 8.88. The lowest BCUT2D eigenvalue weighted by atomic mass is 10.1. The lowest BCUT2D eigenvalue weighted by Gasteiger charge is -2.22. The van der Waals surface area contributed by atoms with Crippen molar-refractivity contribution < 1.29 is 18.7 Å². The Labute approximate surface area is 157 Å². The van der Waals surface area contributed by atoms with Crippen molar-refractivity contribution in [1.29, 1.82) is 0 Å². The number of carbonyl (C=O) groups is 2. The summed E-state index contributed by atoms with van der Waals surface area (Å²) in [5, 5.41) is 0. The molecule has 0 bridgehead atoms. The fourth-order valence-electron chi connectivity index (χ4n) is 3.15. The Morgan fingerprint density at radius 3 is 2.48 bits per heavy atom. The van der Waals surface area contributed by atoms with Crippen LogP contribution in [0.3, 0.4) is 0 Å². The van der Waals surface area contributed by atoms with Gasteiger partial charge in [0.15, 0.2) is 11.6 Å². The molecule has 0 unspecified atom stereocenters. The topological polar surface area (TPSA) is 62.7 Å². The largest absolute Gasteiger partial charge is 0.494 e. The fraction of sp³-hybridized carbons (Fsp3) is 0.350. The molecule has 1 aliphatic rings. The summed E-state index contributed by atoms with van der Waals surface area (Å²) in [6.45, 7) is 2.12. The number of aromatic nitrogens is 1. The van der Waals surface area contributed by atoms with Gasteiger partial charge in [0.1, 0.15) is 0 Å². The maximum atomic E-state index is 13.8. The number of methoxy groups -OCH3 is 1. The molecule has 1 aliphatic heterocycles. The summed E-state index contributed by atoms with van der Waals surface area (Å²) in [7, 11) is 1.40. The first kappa shape index (κ1) is 18.8. The second kappa shape index (κ2) is 8.62. The normalized spacial score (nSPS) is 14.6. The van der Waals surface area contributed by atoms with Crippen molar-refractivity contribution in [2.45, 2.75) is 12.8 Å². The van der Waals surface area contributed by atoms with Gasteiger partial charge in [-0.25, -0.2) is 4.39 Å². The third-order valence-corrected chi connectivity index (χ3v) is 4.63. The van der Waals surface area contributed by atoms with Gasteiger partial charge in [-0.05, 0) is 36.2 Å². The number of pyridine rings is 1. The summed E-state index contributed by atoms with van der Waals surface area (Å²) >= 11 is 0. The highest BCUT2D eigenvalue weighted by Crippen LogP contribution is 2.18. The summed E-state index contributed by atoms with van der Waals surface area (Å²) in [6, 6.07) is 7.92. The predicted molar refractivity (Wildman–Crippen MR) is 98.0 cm³/mol. The van der Waals surface area contributed by atoms with Crippen molar-refractivity contribution in [2.24, 2.45) is 0 Å². The molecule has 0 aliphatic carbocycles. The van der Waals surface area contributed by atoms with Crippen LogP contribution in [0.4, 0.5) is 4.39 Å². The Bertz CT molecular complexity index is 813. The third-order valence-electron chi connectivity index (χ3n) is 4.63. The molecule has 0 N–H and O–H groups in total. The highest BCUT2D eigenvalue weighted by atomic mass is 19.1. The van der Waals surface area contributed by atoms with E-state index in [9.17, 15) is 14.0 Å². The van der Waals surface area contributed by atoms with E-state index in [4.69, 9.17) is 4.74 Å². The predicted octanol–water partition coefficient (Wildman–Crippen LogP) is 2.15. The van der Waals surface area contributed by atoms with E-state index < -0.39 is 5.82 Å². The van der Waals surface area contributed by atoms with Gasteiger partial charge in [-0.3, -0.25) is 14.6 Å². The van der Waals surface area contributed by atoms with Crippen LogP contribution in [0.2, 0.25) is 0 Å². The van der Waals surface area contributed by atoms with Gasteiger partial charge < -0.3 is 14.5 Å². The maximum Gasteiger partial charge on any atom is 0.254 e. The van der Waals surface area contributed by atoms with Crippen LogP contribution in [0.25, 0.3) is 0 Å². The van der Waals surface area contributed by atoms with Gasteiger partial charge in [0.2, 0.25) is 5.91 Å². The summed E-state index contributed by atoms with van der Waals surface area (Å²) < 4.78 is 18.7. The SMILES string of the molecule is COc1ccc(CC(=O)N2CCCN(C(=O)c3ccncc3)CC2)cc1F. The molecule has 0 radical (unpaired) electrons. The third kappa shape index (κ3) is 4.61. The van der Waals surface area contributed by atoms with E-state index >= 15 is 0 Å². The number of ether oxygens (including phenoxy) is 1. The van der Waals surface area contributed by atoms with Gasteiger partial charge >= 0.3 is 0 Å². The molecule has 2 aromatic rings. The number of amides is 2. The van der Waals surface area contributed by atoms with E-state index in [0.717, 1.165) is 0 Å². The van der Waals surface area contributed by atoms with E-state index in [0.29, 0.717) is 43.7 Å². The van der Waals surface area contributed by atoms with Crippen LogP contribution >= 0.6 is 0 Å². The summed E-state index contributed by atoms with van der Waals surface area (Å²) in [5.74, 6) is -0.444. The van der Waals surface area contributed by atoms with Crippen LogP contribution < -0.4 is 4.74 Å². The zero-order valence-electron chi connectivity index (χ0n) is 15.2. The molecule has 2 amide bonds. The lowest BCUT2D eigenvalue weighted by Crippen LogP contribution is -2.38. The van der Waals surface area contributed by atoms with Crippen molar-refractivity contribution in [3.05, 3.63) is 59.7 Å². The van der Waals surface area contributed by atoms with Crippen molar-refractivity contribution in [3.8, 4) is 5.75 Å². The van der Waals surface area contributed by atoms with Gasteiger partial charge in [0.05, 0.1) is 13.5 Å². The number of benzene rings is 1. The van der Waals surface area contributed by atoms with Crippen LogP contribution in [-0.2, 0) is 11.2 Å². The zero-order valence-corrected chi connectivity index (χ0v) is 15.2. The summed E-state index contributed by atoms with van der Waals surface area (Å²) in [5.41, 5.74) is 1.20. The molecule has 3 rings (SSSR count). The molecule has 1 fully saturated rings. The van der Waals surface area contributed by atoms with E-state index in [1.54, 1.807) is 40.4 Å². The summed E-state index contributed by atoms with van der Waals surface area (Å²) in [4.78, 5) is 32.6. The first-order valence-corrected chi connectivity index (χ1v) is 8.88. The Hall–Kier alpha value is -2.96. The Kier molecular flexibility index (Phi) is 6.01. The molecule has 6 nitrogen and oxygen atoms in total. The molecule has 2 heterocycles. The fourth-order valence-corrected chi connectivity index (χ4v) is 3.15. The van der Waals surface area contributed by atoms with Crippen molar-refractivity contribution in [3.63, 3.8) is 0 Å². The zero-order chi connectivity index (χ0) is 19.2. The lowest BCUT2D eigenvalue weighted by molar-refractivity contribution is -0.130. The Balaban J connectivity index is 1.59. The van der Waals surface area contributed by atoms with Gasteiger partial charge in [0, 0.05) is 44.1 Å². The molecule has 0 saturated carbocycles. The Morgan fingerprint density at radius 1 is 1.07 bits per heavy atom. The molecule has 1 saturated heterocycles. The van der Waals surface area contributed by atoms with Gasteiger partial charge in [-0.1, -0.05) is 6.07 Å². The van der Waals surface area contributed by atoms with Crippen LogP contribution in [0, 0.1) is 5.82 Å². The average molecular weight is 371 g/mol. The van der Waals surface area contributed by atoms with E-state index in [1.165, 1.54) is 19.2 Å². The minimum absolute atomic E-state index is 0.0519. The molecule has 0 atom stereocenters. The summed E-state index contributed by atoms with van der Waals surface area (Å²) in [6.07, 6.45) is 4.02. The van der Waals surface area contributed by atoms with Crippen LogP contribution in [0.1, 0.15) is 22.3 Å². The first-order chi connectivity index (χ1) is 13.1. The van der Waals surface area contributed by atoms with E-state index in [-0.39, 0.29) is 24.0 Å². The second-order valence-electron chi connectivity index (χ2n) is 6.41. The highest BCUT2D eigenvalue weighted by molar-refractivity contribution is 5.94. The van der Waals surface area contributed by atoms with Crippen molar-refractivity contribution in [1.82, 2.24) is 14.8 Å². The quantitative estimate of drug-likeness (QED) is 0.826. The molecular formula is C20H22FN3O3. The average Bonchev–Trinajstić information content (AvgIpc) is 2.94. The number of hydrogen-bond acceptors (Lipinski definition) is 4. The molecular weight excluding hydrogens is 349 g/mol. The van der Waals surface area contributed by atoms with Crippen molar-refractivity contribution >= 4 is 11.8 Å². The Morgan fingerprint density at radius 2 is 1.78 bits per heavy atom. The molecule has 27 heavy (non-hydrogen) atoms. The number of rotatable bonds is 4. The molecule has 7 heteroatoms. The standard InChI is InChI=1S/C20H22FN3O3/c1-27-18-4-3-15(13-17(18)21)14-19(25)23-9-2-10-24(12-11-23)20(26)16-5-7-22-8-6-16/h3-8,13H,2,9-12,14H2,1H3. The van der Waals surface area contributed by atoms with Gasteiger partial charge in [-0.2, -0.15) is 0 Å². The van der Waals surface area contributed by atoms with Crippen LogP contribution in [-0.4, -0.2) is 59.9 Å². The van der Waals surface area contributed by atoms with E-state index in [1.807, 2.05) is 0 Å². The monoisotopic (exact) mass is 371 g/mol. The smallest absolute Gasteiger partial charge is 0.254 e. The van der Waals surface area contributed by atoms with Gasteiger partial charge in [-0.15, -0.1) is 0 Å². The maximum absolute atomic E-state index is 13.8. The number of carbonyl (C=O) groups excluding carboxylic acids is 2. The van der Waals surface area contributed by atoms with Gasteiger partial charge in [0.25, 0.3) is 5.91 Å². The van der Waals surface area contributed by atoms with Crippen LogP contribution in [0.15, 0.2) is 42.7 Å². The van der Waals surface area contributed by atoms with E-state index in [2.05, 4.69) is 4.98 Å². The minimum Gasteiger partial charge on any atom is -0.494 e. The molecule has 0 spiro atoms. The number of halogens is 1. The minimum atomic E-state index is -0.479.